The van der Waals surface area contributed by atoms with Crippen molar-refractivity contribution in [3.63, 3.8) is 0 Å². The Balaban J connectivity index is 1.76. The Morgan fingerprint density at radius 2 is 1.59 bits per heavy atom. The molecule has 1 saturated heterocycles. The minimum atomic E-state index is -3.47. The molecule has 1 aliphatic heterocycles. The first kappa shape index (κ1) is 19.9. The van der Waals surface area contributed by atoms with Crippen LogP contribution in [0.3, 0.4) is 0 Å². The molecule has 2 aromatic carbocycles. The van der Waals surface area contributed by atoms with Gasteiger partial charge in [0, 0.05) is 30.7 Å². The van der Waals surface area contributed by atoms with Crippen molar-refractivity contribution in [1.82, 2.24) is 9.21 Å². The molecule has 27 heavy (non-hydrogen) atoms. The predicted molar refractivity (Wildman–Crippen MR) is 106 cm³/mol. The van der Waals surface area contributed by atoms with Gasteiger partial charge in [-0.15, -0.1) is 0 Å². The third-order valence-electron chi connectivity index (χ3n) is 5.06. The van der Waals surface area contributed by atoms with Crippen LogP contribution < -0.4 is 0 Å². The molecule has 1 amide bonds. The van der Waals surface area contributed by atoms with E-state index in [-0.39, 0.29) is 16.8 Å². The van der Waals surface area contributed by atoms with Crippen molar-refractivity contribution >= 4 is 27.5 Å². The van der Waals surface area contributed by atoms with Crippen LogP contribution in [0, 0.1) is 0 Å². The third-order valence-corrected chi connectivity index (χ3v) is 7.22. The second-order valence-electron chi connectivity index (χ2n) is 6.78. The first-order valence-electron chi connectivity index (χ1n) is 8.93. The van der Waals surface area contributed by atoms with E-state index >= 15 is 0 Å². The van der Waals surface area contributed by atoms with Crippen molar-refractivity contribution in [2.24, 2.45) is 0 Å². The Kier molecular flexibility index (Phi) is 5.89. The number of carbonyl (C=O) groups is 1. The van der Waals surface area contributed by atoms with Gasteiger partial charge in [-0.2, -0.15) is 4.31 Å². The number of hydrogen-bond donors (Lipinski definition) is 0. The van der Waals surface area contributed by atoms with Crippen LogP contribution in [-0.4, -0.2) is 43.7 Å². The molecule has 1 atom stereocenters. The van der Waals surface area contributed by atoms with E-state index in [2.05, 4.69) is 0 Å². The Labute approximate surface area is 165 Å². The average molecular weight is 407 g/mol. The van der Waals surface area contributed by atoms with E-state index in [4.69, 9.17) is 11.6 Å². The zero-order chi connectivity index (χ0) is 19.6. The number of rotatable bonds is 5. The van der Waals surface area contributed by atoms with Crippen molar-refractivity contribution in [3.8, 4) is 0 Å². The third kappa shape index (κ3) is 4.18. The van der Waals surface area contributed by atoms with E-state index in [0.717, 1.165) is 18.4 Å². The molecule has 0 saturated carbocycles. The summed E-state index contributed by atoms with van der Waals surface area (Å²) in [6.45, 7) is 3.06. The molecule has 0 aromatic heterocycles. The number of amides is 1. The molecule has 1 heterocycles. The Morgan fingerprint density at radius 3 is 2.15 bits per heavy atom. The Morgan fingerprint density at radius 1 is 1.04 bits per heavy atom. The number of nitrogens with zero attached hydrogens (tertiary/aromatic N) is 2. The fourth-order valence-corrected chi connectivity index (χ4v) is 4.83. The molecule has 144 valence electrons. The molecule has 2 aromatic rings. The standard InChI is InChI=1S/C20H23ClN2O3S/c1-15(16-5-9-18(21)10-6-16)22(2)20(24)17-7-11-19(12-8-17)27(25,26)23-13-3-4-14-23/h5-12,15H,3-4,13-14H2,1-2H3. The molecule has 1 unspecified atom stereocenters. The fourth-order valence-electron chi connectivity index (χ4n) is 3.19. The van der Waals surface area contributed by atoms with Gasteiger partial charge in [-0.25, -0.2) is 8.42 Å². The quantitative estimate of drug-likeness (QED) is 0.755. The van der Waals surface area contributed by atoms with Gasteiger partial charge in [0.2, 0.25) is 10.0 Å². The van der Waals surface area contributed by atoms with Gasteiger partial charge in [-0.3, -0.25) is 4.79 Å². The topological polar surface area (TPSA) is 57.7 Å². The number of carbonyl (C=O) groups excluding carboxylic acids is 1. The zero-order valence-corrected chi connectivity index (χ0v) is 17.0. The van der Waals surface area contributed by atoms with Crippen LogP contribution in [0.25, 0.3) is 0 Å². The van der Waals surface area contributed by atoms with Crippen molar-refractivity contribution < 1.29 is 13.2 Å². The van der Waals surface area contributed by atoms with Crippen molar-refractivity contribution in [2.45, 2.75) is 30.7 Å². The van der Waals surface area contributed by atoms with E-state index in [0.29, 0.717) is 23.7 Å². The van der Waals surface area contributed by atoms with E-state index in [1.165, 1.54) is 16.4 Å². The van der Waals surface area contributed by atoms with Gasteiger partial charge >= 0.3 is 0 Å². The molecular formula is C20H23ClN2O3S. The first-order chi connectivity index (χ1) is 12.8. The second-order valence-corrected chi connectivity index (χ2v) is 9.15. The first-order valence-corrected chi connectivity index (χ1v) is 10.8. The largest absolute Gasteiger partial charge is 0.335 e. The number of sulfonamides is 1. The highest BCUT2D eigenvalue weighted by atomic mass is 35.5. The molecular weight excluding hydrogens is 384 g/mol. The summed E-state index contributed by atoms with van der Waals surface area (Å²) in [7, 11) is -1.74. The molecule has 0 N–H and O–H groups in total. The highest BCUT2D eigenvalue weighted by Crippen LogP contribution is 2.24. The summed E-state index contributed by atoms with van der Waals surface area (Å²) < 4.78 is 26.7. The van der Waals surface area contributed by atoms with Gasteiger partial charge < -0.3 is 4.90 Å². The summed E-state index contributed by atoms with van der Waals surface area (Å²) in [6.07, 6.45) is 1.78. The van der Waals surface area contributed by atoms with Gasteiger partial charge in [0.05, 0.1) is 10.9 Å². The SMILES string of the molecule is CC(c1ccc(Cl)cc1)N(C)C(=O)c1ccc(S(=O)(=O)N2CCCC2)cc1. The minimum Gasteiger partial charge on any atom is -0.335 e. The smallest absolute Gasteiger partial charge is 0.254 e. The summed E-state index contributed by atoms with van der Waals surface area (Å²) in [5.41, 5.74) is 1.43. The van der Waals surface area contributed by atoms with Gasteiger partial charge in [0.1, 0.15) is 0 Å². The summed E-state index contributed by atoms with van der Waals surface area (Å²) in [4.78, 5) is 14.6. The van der Waals surface area contributed by atoms with Crippen LogP contribution in [0.2, 0.25) is 5.02 Å². The highest BCUT2D eigenvalue weighted by molar-refractivity contribution is 7.89. The lowest BCUT2D eigenvalue weighted by atomic mass is 10.1. The second kappa shape index (κ2) is 8.00. The molecule has 0 bridgehead atoms. The van der Waals surface area contributed by atoms with Gasteiger partial charge in [-0.1, -0.05) is 23.7 Å². The lowest BCUT2D eigenvalue weighted by Crippen LogP contribution is -2.30. The molecule has 7 heteroatoms. The summed E-state index contributed by atoms with van der Waals surface area (Å²) >= 11 is 5.92. The van der Waals surface area contributed by atoms with Crippen molar-refractivity contribution in [3.05, 3.63) is 64.7 Å². The van der Waals surface area contributed by atoms with Crippen LogP contribution >= 0.6 is 11.6 Å². The molecule has 0 aliphatic carbocycles. The monoisotopic (exact) mass is 406 g/mol. The number of hydrogen-bond acceptors (Lipinski definition) is 3. The van der Waals surface area contributed by atoms with Gasteiger partial charge in [0.15, 0.2) is 0 Å². The van der Waals surface area contributed by atoms with E-state index in [1.54, 1.807) is 36.2 Å². The highest BCUT2D eigenvalue weighted by Gasteiger charge is 2.27. The predicted octanol–water partition coefficient (Wildman–Crippen LogP) is 3.96. The maximum atomic E-state index is 12.8. The normalized spacial score (nSPS) is 16.3. The van der Waals surface area contributed by atoms with E-state index in [9.17, 15) is 13.2 Å². The lowest BCUT2D eigenvalue weighted by Gasteiger charge is -2.25. The van der Waals surface area contributed by atoms with Gasteiger partial charge in [0.25, 0.3) is 5.91 Å². The summed E-state index contributed by atoms with van der Waals surface area (Å²) in [5, 5.41) is 0.648. The van der Waals surface area contributed by atoms with Crippen LogP contribution in [0.15, 0.2) is 53.4 Å². The minimum absolute atomic E-state index is 0.136. The van der Waals surface area contributed by atoms with Crippen molar-refractivity contribution in [2.75, 3.05) is 20.1 Å². The van der Waals surface area contributed by atoms with E-state index < -0.39 is 10.0 Å². The Bertz CT molecular complexity index is 905. The number of halogens is 1. The molecule has 0 radical (unpaired) electrons. The molecule has 1 fully saturated rings. The molecule has 0 spiro atoms. The number of benzene rings is 2. The molecule has 5 nitrogen and oxygen atoms in total. The fraction of sp³-hybridized carbons (Fsp3) is 0.350. The van der Waals surface area contributed by atoms with Crippen molar-refractivity contribution in [1.29, 1.82) is 0 Å². The molecule has 3 rings (SSSR count). The average Bonchev–Trinajstić information content (AvgIpc) is 3.23. The van der Waals surface area contributed by atoms with Crippen LogP contribution in [0.5, 0.6) is 0 Å². The lowest BCUT2D eigenvalue weighted by molar-refractivity contribution is 0.0742. The van der Waals surface area contributed by atoms with Crippen LogP contribution in [0.4, 0.5) is 0 Å². The van der Waals surface area contributed by atoms with E-state index in [1.807, 2.05) is 19.1 Å². The Hall–Kier alpha value is -1.89. The maximum absolute atomic E-state index is 12.8. The summed E-state index contributed by atoms with van der Waals surface area (Å²) in [5.74, 6) is -0.164. The zero-order valence-electron chi connectivity index (χ0n) is 15.4. The summed E-state index contributed by atoms with van der Waals surface area (Å²) in [6, 6.07) is 13.4. The van der Waals surface area contributed by atoms with Crippen LogP contribution in [0.1, 0.15) is 41.7 Å². The molecule has 1 aliphatic rings. The maximum Gasteiger partial charge on any atom is 0.254 e. The van der Waals surface area contributed by atoms with Crippen LogP contribution in [-0.2, 0) is 10.0 Å². The van der Waals surface area contributed by atoms with Gasteiger partial charge in [-0.05, 0) is 61.7 Å².